The molecule has 1 fully saturated rings. The fourth-order valence-corrected chi connectivity index (χ4v) is 2.05. The fourth-order valence-electron chi connectivity index (χ4n) is 2.05. The van der Waals surface area contributed by atoms with Gasteiger partial charge < -0.3 is 4.74 Å². The maximum Gasteiger partial charge on any atom is 0.356 e. The van der Waals surface area contributed by atoms with Gasteiger partial charge in [0, 0.05) is 6.20 Å². The van der Waals surface area contributed by atoms with Crippen LogP contribution in [0.3, 0.4) is 0 Å². The monoisotopic (exact) mass is 256 g/mol. The lowest BCUT2D eigenvalue weighted by Crippen LogP contribution is -2.17. The molecule has 1 heterocycles. The van der Waals surface area contributed by atoms with E-state index in [9.17, 15) is 4.79 Å². The van der Waals surface area contributed by atoms with Crippen LogP contribution in [0.2, 0.25) is 0 Å². The average molecular weight is 256 g/mol. The highest BCUT2D eigenvalue weighted by atomic mass is 16.5. The summed E-state index contributed by atoms with van der Waals surface area (Å²) < 4.78 is 7.05. The van der Waals surface area contributed by atoms with Gasteiger partial charge in [-0.1, -0.05) is 30.3 Å². The molecule has 1 aromatic carbocycles. The summed E-state index contributed by atoms with van der Waals surface area (Å²) in [5, 5.41) is 4.26. The summed E-state index contributed by atoms with van der Waals surface area (Å²) in [7, 11) is 0. The topological polar surface area (TPSA) is 44.1 Å². The van der Waals surface area contributed by atoms with Crippen LogP contribution in [-0.2, 0) is 4.74 Å². The molecule has 0 spiro atoms. The van der Waals surface area contributed by atoms with Crippen LogP contribution in [0.5, 0.6) is 0 Å². The predicted molar refractivity (Wildman–Crippen MR) is 70.9 cm³/mol. The number of ether oxygens (including phenoxy) is 1. The third-order valence-electron chi connectivity index (χ3n) is 3.33. The van der Waals surface area contributed by atoms with E-state index in [4.69, 9.17) is 4.74 Å². The van der Waals surface area contributed by atoms with Crippen molar-refractivity contribution < 1.29 is 9.53 Å². The zero-order valence-corrected chi connectivity index (χ0v) is 10.8. The van der Waals surface area contributed by atoms with Crippen molar-refractivity contribution in [3.8, 4) is 0 Å². The molecule has 3 rings (SSSR count). The first kappa shape index (κ1) is 12.0. The molecule has 0 N–H and O–H groups in total. The van der Waals surface area contributed by atoms with E-state index in [1.54, 1.807) is 16.9 Å². The normalized spacial score (nSPS) is 16.1. The van der Waals surface area contributed by atoms with Gasteiger partial charge in [0.25, 0.3) is 0 Å². The lowest BCUT2D eigenvalue weighted by Gasteiger charge is -2.15. The summed E-state index contributed by atoms with van der Waals surface area (Å²) in [5.41, 5.74) is 1.63. The minimum atomic E-state index is -0.275. The zero-order chi connectivity index (χ0) is 13.2. The summed E-state index contributed by atoms with van der Waals surface area (Å²) in [6.45, 7) is 2.02. The zero-order valence-electron chi connectivity index (χ0n) is 10.8. The Morgan fingerprint density at radius 2 is 2.05 bits per heavy atom. The first-order valence-electron chi connectivity index (χ1n) is 6.55. The SMILES string of the molecule is C[C@H](c1ccccc1)n1nccc1C(=O)OC1CC1. The Morgan fingerprint density at radius 1 is 1.32 bits per heavy atom. The van der Waals surface area contributed by atoms with Gasteiger partial charge in [-0.2, -0.15) is 5.10 Å². The Hall–Kier alpha value is -2.10. The van der Waals surface area contributed by atoms with Crippen molar-refractivity contribution >= 4 is 5.97 Å². The Balaban J connectivity index is 1.84. The lowest BCUT2D eigenvalue weighted by atomic mass is 10.1. The second kappa shape index (κ2) is 4.88. The van der Waals surface area contributed by atoms with E-state index in [1.165, 1.54) is 0 Å². The van der Waals surface area contributed by atoms with Crippen LogP contribution in [0.4, 0.5) is 0 Å². The van der Waals surface area contributed by atoms with Crippen molar-refractivity contribution in [3.05, 3.63) is 53.9 Å². The number of esters is 1. The molecule has 1 aliphatic rings. The number of hydrogen-bond donors (Lipinski definition) is 0. The predicted octanol–water partition coefficient (Wildman–Crippen LogP) is 2.81. The Labute approximate surface area is 112 Å². The van der Waals surface area contributed by atoms with Crippen LogP contribution < -0.4 is 0 Å². The van der Waals surface area contributed by atoms with E-state index in [0.717, 1.165) is 18.4 Å². The van der Waals surface area contributed by atoms with Gasteiger partial charge in [0.2, 0.25) is 0 Å². The molecule has 0 radical (unpaired) electrons. The van der Waals surface area contributed by atoms with Gasteiger partial charge >= 0.3 is 5.97 Å². The maximum absolute atomic E-state index is 12.0. The smallest absolute Gasteiger partial charge is 0.356 e. The number of rotatable bonds is 4. The van der Waals surface area contributed by atoms with Gasteiger partial charge in [0.05, 0.1) is 6.04 Å². The molecular weight excluding hydrogens is 240 g/mol. The molecule has 0 aliphatic heterocycles. The fraction of sp³-hybridized carbons (Fsp3) is 0.333. The van der Waals surface area contributed by atoms with E-state index in [-0.39, 0.29) is 18.1 Å². The number of carbonyl (C=O) groups is 1. The average Bonchev–Trinajstić information content (AvgIpc) is 3.11. The van der Waals surface area contributed by atoms with Crippen molar-refractivity contribution in [2.24, 2.45) is 0 Å². The van der Waals surface area contributed by atoms with Gasteiger partial charge in [0.15, 0.2) is 0 Å². The highest BCUT2D eigenvalue weighted by molar-refractivity contribution is 5.87. The van der Waals surface area contributed by atoms with Crippen LogP contribution in [0, 0.1) is 0 Å². The highest BCUT2D eigenvalue weighted by Crippen LogP contribution is 2.26. The standard InChI is InChI=1S/C15H16N2O2/c1-11(12-5-3-2-4-6-12)17-14(9-10-16-17)15(18)19-13-7-8-13/h2-6,9-11,13H,7-8H2,1H3/t11-/m1/s1. The van der Waals surface area contributed by atoms with Gasteiger partial charge in [-0.15, -0.1) is 0 Å². The van der Waals surface area contributed by atoms with Gasteiger partial charge in [-0.3, -0.25) is 4.68 Å². The van der Waals surface area contributed by atoms with Crippen molar-refractivity contribution in [2.45, 2.75) is 31.9 Å². The highest BCUT2D eigenvalue weighted by Gasteiger charge is 2.28. The molecular formula is C15H16N2O2. The minimum absolute atomic E-state index is 0.0120. The summed E-state index contributed by atoms with van der Waals surface area (Å²) in [6.07, 6.45) is 3.72. The van der Waals surface area contributed by atoms with Crippen LogP contribution in [0.15, 0.2) is 42.6 Å². The van der Waals surface area contributed by atoms with Gasteiger partial charge in [0.1, 0.15) is 11.8 Å². The third-order valence-corrected chi connectivity index (χ3v) is 3.33. The summed E-state index contributed by atoms with van der Waals surface area (Å²) in [4.78, 5) is 12.0. The molecule has 19 heavy (non-hydrogen) atoms. The molecule has 0 unspecified atom stereocenters. The molecule has 1 saturated carbocycles. The number of hydrogen-bond acceptors (Lipinski definition) is 3. The van der Waals surface area contributed by atoms with E-state index >= 15 is 0 Å². The summed E-state index contributed by atoms with van der Waals surface area (Å²) in [5.74, 6) is -0.275. The first-order valence-corrected chi connectivity index (χ1v) is 6.55. The molecule has 0 amide bonds. The molecule has 2 aromatic rings. The van der Waals surface area contributed by atoms with Crippen molar-refractivity contribution in [2.75, 3.05) is 0 Å². The van der Waals surface area contributed by atoms with Crippen molar-refractivity contribution in [1.82, 2.24) is 9.78 Å². The lowest BCUT2D eigenvalue weighted by molar-refractivity contribution is 0.0456. The molecule has 4 heteroatoms. The summed E-state index contributed by atoms with van der Waals surface area (Å²) >= 11 is 0. The number of aromatic nitrogens is 2. The third kappa shape index (κ3) is 2.52. The second-order valence-corrected chi connectivity index (χ2v) is 4.85. The molecule has 0 bridgehead atoms. The second-order valence-electron chi connectivity index (χ2n) is 4.85. The quantitative estimate of drug-likeness (QED) is 0.790. The van der Waals surface area contributed by atoms with Gasteiger partial charge in [-0.05, 0) is 31.4 Å². The van der Waals surface area contributed by atoms with Crippen LogP contribution in [0.1, 0.15) is 41.9 Å². The van der Waals surface area contributed by atoms with E-state index < -0.39 is 0 Å². The maximum atomic E-state index is 12.0. The van der Waals surface area contributed by atoms with Crippen LogP contribution in [-0.4, -0.2) is 21.9 Å². The van der Waals surface area contributed by atoms with E-state index in [1.807, 2.05) is 37.3 Å². The van der Waals surface area contributed by atoms with Crippen LogP contribution >= 0.6 is 0 Å². The largest absolute Gasteiger partial charge is 0.458 e. The minimum Gasteiger partial charge on any atom is -0.458 e. The Kier molecular flexibility index (Phi) is 3.07. The molecule has 1 atom stereocenters. The van der Waals surface area contributed by atoms with Crippen molar-refractivity contribution in [3.63, 3.8) is 0 Å². The number of nitrogens with zero attached hydrogens (tertiary/aromatic N) is 2. The van der Waals surface area contributed by atoms with E-state index in [0.29, 0.717) is 5.69 Å². The first-order chi connectivity index (χ1) is 9.25. The Morgan fingerprint density at radius 3 is 2.74 bits per heavy atom. The molecule has 98 valence electrons. The number of benzene rings is 1. The Bertz CT molecular complexity index is 573. The molecule has 4 nitrogen and oxygen atoms in total. The van der Waals surface area contributed by atoms with Crippen LogP contribution in [0.25, 0.3) is 0 Å². The van der Waals surface area contributed by atoms with Crippen molar-refractivity contribution in [1.29, 1.82) is 0 Å². The molecule has 1 aliphatic carbocycles. The van der Waals surface area contributed by atoms with Gasteiger partial charge in [-0.25, -0.2) is 4.79 Å². The summed E-state index contributed by atoms with van der Waals surface area (Å²) in [6, 6.07) is 11.7. The van der Waals surface area contributed by atoms with E-state index in [2.05, 4.69) is 5.10 Å². The molecule has 0 saturated heterocycles. The molecule has 1 aromatic heterocycles. The number of carbonyl (C=O) groups excluding carboxylic acids is 1.